The van der Waals surface area contributed by atoms with Gasteiger partial charge in [0.25, 0.3) is 0 Å². The first-order chi connectivity index (χ1) is 19.5. The van der Waals surface area contributed by atoms with Crippen LogP contribution in [0.5, 0.6) is 17.2 Å². The van der Waals surface area contributed by atoms with Crippen molar-refractivity contribution in [2.24, 2.45) is 0 Å². The molecule has 0 saturated carbocycles. The van der Waals surface area contributed by atoms with Gasteiger partial charge in [-0.3, -0.25) is 5.32 Å². The summed E-state index contributed by atoms with van der Waals surface area (Å²) in [6.07, 6.45) is -0.185. The van der Waals surface area contributed by atoms with Crippen molar-refractivity contribution >= 4 is 18.1 Å². The van der Waals surface area contributed by atoms with Crippen LogP contribution in [0.25, 0.3) is 6.08 Å². The minimum atomic E-state index is -0.841. The van der Waals surface area contributed by atoms with Gasteiger partial charge in [0.2, 0.25) is 6.79 Å². The number of hydrogen-bond acceptors (Lipinski definition) is 9. The normalized spacial score (nSPS) is 12.2. The van der Waals surface area contributed by atoms with Crippen molar-refractivity contribution in [3.05, 3.63) is 94.7 Å². The average molecular weight is 550 g/mol. The van der Waals surface area contributed by atoms with Gasteiger partial charge in [0.15, 0.2) is 17.8 Å². The van der Waals surface area contributed by atoms with Crippen LogP contribution in [-0.2, 0) is 37.0 Å². The summed E-state index contributed by atoms with van der Waals surface area (Å²) in [7, 11) is 2.84. The SMILES string of the molecule is COC(COC(=O)/C(=C/c1cc2c(c(C)c1OCc1ccccc1)OCO2)NC(=O)OCc1ccccc1)OC. The van der Waals surface area contributed by atoms with E-state index in [1.807, 2.05) is 67.6 Å². The molecule has 0 fully saturated rings. The third kappa shape index (κ3) is 7.52. The van der Waals surface area contributed by atoms with Gasteiger partial charge in [0.1, 0.15) is 31.3 Å². The molecule has 1 aliphatic heterocycles. The highest BCUT2D eigenvalue weighted by molar-refractivity contribution is 5.97. The lowest BCUT2D eigenvalue weighted by Gasteiger charge is -2.17. The summed E-state index contributed by atoms with van der Waals surface area (Å²) < 4.78 is 38.3. The first-order valence-electron chi connectivity index (χ1n) is 12.5. The predicted octanol–water partition coefficient (Wildman–Crippen LogP) is 4.73. The fourth-order valence-electron chi connectivity index (χ4n) is 3.87. The molecule has 0 bridgehead atoms. The van der Waals surface area contributed by atoms with Crippen molar-refractivity contribution in [2.75, 3.05) is 27.6 Å². The van der Waals surface area contributed by atoms with Crippen molar-refractivity contribution in [3.8, 4) is 17.2 Å². The van der Waals surface area contributed by atoms with E-state index in [-0.39, 0.29) is 32.3 Å². The van der Waals surface area contributed by atoms with E-state index in [0.29, 0.717) is 28.4 Å². The lowest BCUT2D eigenvalue weighted by atomic mass is 10.1. The number of rotatable bonds is 12. The van der Waals surface area contributed by atoms with Gasteiger partial charge < -0.3 is 33.2 Å². The van der Waals surface area contributed by atoms with Gasteiger partial charge in [-0.15, -0.1) is 0 Å². The summed E-state index contributed by atoms with van der Waals surface area (Å²) in [5.41, 5.74) is 2.68. The molecule has 0 aromatic heterocycles. The molecule has 1 heterocycles. The first kappa shape index (κ1) is 28.5. The monoisotopic (exact) mass is 549 g/mol. The number of carbonyl (C=O) groups is 2. The second-order valence-electron chi connectivity index (χ2n) is 8.67. The Balaban J connectivity index is 1.63. The molecule has 0 aliphatic carbocycles. The quantitative estimate of drug-likeness (QED) is 0.195. The molecule has 1 N–H and O–H groups in total. The van der Waals surface area contributed by atoms with E-state index in [9.17, 15) is 9.59 Å². The molecule has 210 valence electrons. The second kappa shape index (κ2) is 14.0. The zero-order chi connectivity index (χ0) is 28.3. The van der Waals surface area contributed by atoms with Crippen LogP contribution in [-0.4, -0.2) is 46.0 Å². The molecule has 10 nitrogen and oxygen atoms in total. The molecule has 10 heteroatoms. The summed E-state index contributed by atoms with van der Waals surface area (Å²) in [4.78, 5) is 25.8. The molecule has 0 unspecified atom stereocenters. The molecule has 0 radical (unpaired) electrons. The van der Waals surface area contributed by atoms with Crippen molar-refractivity contribution < 1.29 is 42.7 Å². The number of benzene rings is 3. The van der Waals surface area contributed by atoms with Crippen LogP contribution in [0.1, 0.15) is 22.3 Å². The second-order valence-corrected chi connectivity index (χ2v) is 8.67. The number of ether oxygens (including phenoxy) is 7. The Morgan fingerprint density at radius 3 is 2.23 bits per heavy atom. The Kier molecular flexibility index (Phi) is 9.98. The number of nitrogens with one attached hydrogen (secondary N) is 1. The van der Waals surface area contributed by atoms with Crippen molar-refractivity contribution in [1.29, 1.82) is 0 Å². The lowest BCUT2D eigenvalue weighted by Crippen LogP contribution is -2.31. The van der Waals surface area contributed by atoms with E-state index in [1.54, 1.807) is 6.07 Å². The first-order valence-corrected chi connectivity index (χ1v) is 12.5. The molecular formula is C30H31NO9. The smallest absolute Gasteiger partial charge is 0.412 e. The zero-order valence-corrected chi connectivity index (χ0v) is 22.5. The van der Waals surface area contributed by atoms with Crippen LogP contribution in [0.4, 0.5) is 4.79 Å². The topological polar surface area (TPSA) is 111 Å². The van der Waals surface area contributed by atoms with E-state index in [0.717, 1.165) is 11.1 Å². The van der Waals surface area contributed by atoms with E-state index in [2.05, 4.69) is 5.32 Å². The third-order valence-electron chi connectivity index (χ3n) is 5.94. The van der Waals surface area contributed by atoms with E-state index in [1.165, 1.54) is 20.3 Å². The summed E-state index contributed by atoms with van der Waals surface area (Å²) >= 11 is 0. The van der Waals surface area contributed by atoms with Gasteiger partial charge in [0, 0.05) is 25.3 Å². The highest BCUT2D eigenvalue weighted by Gasteiger charge is 2.25. The minimum absolute atomic E-state index is 0.0129. The van der Waals surface area contributed by atoms with Crippen LogP contribution in [0, 0.1) is 6.92 Å². The van der Waals surface area contributed by atoms with E-state index in [4.69, 9.17) is 33.2 Å². The van der Waals surface area contributed by atoms with Crippen LogP contribution >= 0.6 is 0 Å². The number of esters is 1. The zero-order valence-electron chi connectivity index (χ0n) is 22.5. The van der Waals surface area contributed by atoms with Gasteiger partial charge in [-0.2, -0.15) is 0 Å². The highest BCUT2D eigenvalue weighted by Crippen LogP contribution is 2.43. The lowest BCUT2D eigenvalue weighted by molar-refractivity contribution is -0.163. The average Bonchev–Trinajstić information content (AvgIpc) is 3.46. The molecule has 0 spiro atoms. The van der Waals surface area contributed by atoms with Crippen LogP contribution in [0.2, 0.25) is 0 Å². The largest absolute Gasteiger partial charge is 0.488 e. The molecule has 1 aliphatic rings. The minimum Gasteiger partial charge on any atom is -0.488 e. The fraction of sp³-hybridized carbons (Fsp3) is 0.267. The van der Waals surface area contributed by atoms with Gasteiger partial charge in [0.05, 0.1) is 0 Å². The summed E-state index contributed by atoms with van der Waals surface area (Å²) in [5, 5.41) is 2.50. The summed E-state index contributed by atoms with van der Waals surface area (Å²) in [6.45, 7) is 1.95. The number of amides is 1. The molecule has 4 rings (SSSR count). The van der Waals surface area contributed by atoms with Crippen molar-refractivity contribution in [3.63, 3.8) is 0 Å². The summed E-state index contributed by atoms with van der Waals surface area (Å²) in [5.74, 6) is 0.640. The molecule has 40 heavy (non-hydrogen) atoms. The van der Waals surface area contributed by atoms with Gasteiger partial charge in [-0.1, -0.05) is 60.7 Å². The van der Waals surface area contributed by atoms with E-state index < -0.39 is 18.4 Å². The van der Waals surface area contributed by atoms with Crippen molar-refractivity contribution in [1.82, 2.24) is 5.32 Å². The van der Waals surface area contributed by atoms with Crippen molar-refractivity contribution in [2.45, 2.75) is 26.4 Å². The molecule has 0 saturated heterocycles. The Bertz CT molecular complexity index is 1320. The van der Waals surface area contributed by atoms with Gasteiger partial charge >= 0.3 is 12.1 Å². The van der Waals surface area contributed by atoms with Gasteiger partial charge in [-0.25, -0.2) is 9.59 Å². The number of hydrogen-bond donors (Lipinski definition) is 1. The Hall–Kier alpha value is -4.54. The molecule has 3 aromatic rings. The Morgan fingerprint density at radius 1 is 0.925 bits per heavy atom. The number of alkyl carbamates (subject to hydrolysis) is 1. The van der Waals surface area contributed by atoms with Crippen LogP contribution in [0.3, 0.4) is 0 Å². The maximum Gasteiger partial charge on any atom is 0.412 e. The summed E-state index contributed by atoms with van der Waals surface area (Å²) in [6, 6.07) is 20.5. The van der Waals surface area contributed by atoms with Crippen LogP contribution in [0.15, 0.2) is 72.4 Å². The number of methoxy groups -OCH3 is 2. The molecule has 1 amide bonds. The molecular weight excluding hydrogens is 518 g/mol. The molecule has 0 atom stereocenters. The number of carbonyl (C=O) groups excluding carboxylic acids is 2. The van der Waals surface area contributed by atoms with E-state index >= 15 is 0 Å². The highest BCUT2D eigenvalue weighted by atomic mass is 16.7. The third-order valence-corrected chi connectivity index (χ3v) is 5.94. The Labute approximate surface area is 232 Å². The maximum atomic E-state index is 13.1. The molecule has 3 aromatic carbocycles. The standard InChI is InChI=1S/C30H31NO9/c1-20-27(36-16-21-10-6-4-7-11-21)23(15-25-28(20)40-19-39-25)14-24(29(32)37-18-26(34-2)35-3)31-30(33)38-17-22-12-8-5-9-13-22/h4-15,26H,16-19H2,1-3H3,(H,31,33)/b24-14-. The number of fused-ring (bicyclic) bond motifs is 1. The van der Waals surface area contributed by atoms with Crippen LogP contribution < -0.4 is 19.5 Å². The predicted molar refractivity (Wildman–Crippen MR) is 145 cm³/mol. The maximum absolute atomic E-state index is 13.1. The van der Waals surface area contributed by atoms with Gasteiger partial charge in [-0.05, 0) is 30.2 Å². The fourth-order valence-corrected chi connectivity index (χ4v) is 3.87. The Morgan fingerprint density at radius 2 is 1.57 bits per heavy atom.